The van der Waals surface area contributed by atoms with Crippen LogP contribution in [0.3, 0.4) is 0 Å². The molecule has 0 amide bonds. The van der Waals surface area contributed by atoms with Crippen LogP contribution in [0, 0.1) is 0 Å². The lowest BCUT2D eigenvalue weighted by Crippen LogP contribution is -2.23. The molecule has 0 radical (unpaired) electrons. The van der Waals surface area contributed by atoms with E-state index >= 15 is 0 Å². The van der Waals surface area contributed by atoms with Crippen molar-refractivity contribution >= 4 is 0 Å². The third-order valence-electron chi connectivity index (χ3n) is 6.88. The molecule has 0 N–H and O–H groups in total. The second kappa shape index (κ2) is 9.40. The highest BCUT2D eigenvalue weighted by atomic mass is 15.1. The van der Waals surface area contributed by atoms with Crippen LogP contribution in [0.1, 0.15) is 25.2 Å². The summed E-state index contributed by atoms with van der Waals surface area (Å²) in [6.07, 6.45) is 8.39. The smallest absolute Gasteiger partial charge is 0.136 e. The van der Waals surface area contributed by atoms with Crippen LogP contribution in [0.15, 0.2) is 134 Å². The van der Waals surface area contributed by atoms with Gasteiger partial charge in [-0.25, -0.2) is 9.97 Å². The van der Waals surface area contributed by atoms with Gasteiger partial charge in [0.15, 0.2) is 0 Å². The van der Waals surface area contributed by atoms with Gasteiger partial charge in [-0.2, -0.15) is 0 Å². The van der Waals surface area contributed by atoms with E-state index in [1.54, 1.807) is 0 Å². The third kappa shape index (κ3) is 4.50. The predicted molar refractivity (Wildman–Crippen MR) is 150 cm³/mol. The summed E-state index contributed by atoms with van der Waals surface area (Å²) in [5, 5.41) is 0. The van der Waals surface area contributed by atoms with E-state index in [9.17, 15) is 0 Å². The number of hydrogen-bond acceptors (Lipinski definition) is 2. The molecular formula is C33H28N4. The Labute approximate surface area is 217 Å². The van der Waals surface area contributed by atoms with Crippen molar-refractivity contribution in [3.63, 3.8) is 0 Å². The van der Waals surface area contributed by atoms with Gasteiger partial charge in [-0.1, -0.05) is 72.8 Å². The molecule has 0 saturated heterocycles. The van der Waals surface area contributed by atoms with Crippen LogP contribution in [-0.4, -0.2) is 19.1 Å². The fraction of sp³-hybridized carbons (Fsp3) is 0.0909. The average Bonchev–Trinajstić information content (AvgIpc) is 3.65. The lowest BCUT2D eigenvalue weighted by atomic mass is 9.84. The number of aromatic nitrogens is 4. The molecule has 0 unspecified atom stereocenters. The standard InChI is InChI=1S/C33H28N4/c1-33(2,29-15-9-17-31(34-29)36-21-19-27(23-36)25-11-5-3-6-12-25)30-16-10-18-32(35-30)37-22-20-28(24-37)26-13-7-4-8-14-26/h3-24H,1-2H3. The van der Waals surface area contributed by atoms with E-state index in [-0.39, 0.29) is 5.41 Å². The van der Waals surface area contributed by atoms with Crippen molar-refractivity contribution < 1.29 is 0 Å². The van der Waals surface area contributed by atoms with E-state index in [0.717, 1.165) is 23.0 Å². The van der Waals surface area contributed by atoms with E-state index < -0.39 is 0 Å². The summed E-state index contributed by atoms with van der Waals surface area (Å²) < 4.78 is 4.16. The van der Waals surface area contributed by atoms with Gasteiger partial charge in [-0.05, 0) is 72.5 Å². The van der Waals surface area contributed by atoms with Crippen molar-refractivity contribution in [2.24, 2.45) is 0 Å². The highest BCUT2D eigenvalue weighted by Crippen LogP contribution is 2.31. The van der Waals surface area contributed by atoms with Gasteiger partial charge in [0.1, 0.15) is 11.6 Å². The van der Waals surface area contributed by atoms with Crippen LogP contribution in [0.2, 0.25) is 0 Å². The number of hydrogen-bond donors (Lipinski definition) is 0. The second-order valence-corrected chi connectivity index (χ2v) is 9.73. The van der Waals surface area contributed by atoms with Gasteiger partial charge >= 0.3 is 0 Å². The zero-order valence-corrected chi connectivity index (χ0v) is 21.0. The van der Waals surface area contributed by atoms with Gasteiger partial charge in [-0.15, -0.1) is 0 Å². The van der Waals surface area contributed by atoms with E-state index in [1.165, 1.54) is 22.3 Å². The number of pyridine rings is 2. The molecule has 6 aromatic rings. The van der Waals surface area contributed by atoms with E-state index in [1.807, 2.05) is 24.3 Å². The molecule has 0 spiro atoms. The number of benzene rings is 2. The van der Waals surface area contributed by atoms with Gasteiger partial charge in [0.25, 0.3) is 0 Å². The molecule has 6 rings (SSSR count). The first-order valence-electron chi connectivity index (χ1n) is 12.5. The SMILES string of the molecule is CC(C)(c1cccc(-n2ccc(-c3ccccc3)c2)n1)c1cccc(-n2ccc(-c3ccccc3)c2)n1. The van der Waals surface area contributed by atoms with Crippen LogP contribution in [0.4, 0.5) is 0 Å². The Morgan fingerprint density at radius 3 is 1.32 bits per heavy atom. The molecule has 0 aliphatic rings. The zero-order valence-electron chi connectivity index (χ0n) is 21.0. The monoisotopic (exact) mass is 480 g/mol. The van der Waals surface area contributed by atoms with Crippen LogP contribution in [-0.2, 0) is 5.41 Å². The summed E-state index contributed by atoms with van der Waals surface area (Å²) in [7, 11) is 0. The molecular weight excluding hydrogens is 452 g/mol. The Morgan fingerprint density at radius 2 is 0.892 bits per heavy atom. The highest BCUT2D eigenvalue weighted by molar-refractivity contribution is 5.64. The van der Waals surface area contributed by atoms with Gasteiger partial charge in [0.2, 0.25) is 0 Å². The summed E-state index contributed by atoms with van der Waals surface area (Å²) >= 11 is 0. The van der Waals surface area contributed by atoms with E-state index in [4.69, 9.17) is 9.97 Å². The number of rotatable bonds is 6. The van der Waals surface area contributed by atoms with E-state index in [0.29, 0.717) is 0 Å². The molecule has 0 atom stereocenters. The normalized spacial score (nSPS) is 11.5. The van der Waals surface area contributed by atoms with Crippen molar-refractivity contribution in [2.75, 3.05) is 0 Å². The third-order valence-corrected chi connectivity index (χ3v) is 6.88. The zero-order chi connectivity index (χ0) is 25.2. The largest absolute Gasteiger partial charge is 0.308 e. The molecule has 4 heterocycles. The molecule has 4 heteroatoms. The van der Waals surface area contributed by atoms with Gasteiger partial charge in [0, 0.05) is 30.2 Å². The fourth-order valence-corrected chi connectivity index (χ4v) is 4.64. The number of nitrogens with zero attached hydrogens (tertiary/aromatic N) is 4. The molecule has 37 heavy (non-hydrogen) atoms. The Bertz CT molecular complexity index is 1520. The summed E-state index contributed by atoms with van der Waals surface area (Å²) in [6, 6.07) is 37.5. The van der Waals surface area contributed by atoms with Crippen molar-refractivity contribution in [3.05, 3.63) is 145 Å². The summed E-state index contributed by atoms with van der Waals surface area (Å²) in [6.45, 7) is 4.36. The first kappa shape index (κ1) is 22.7. The minimum atomic E-state index is -0.378. The summed E-state index contributed by atoms with van der Waals surface area (Å²) in [5.74, 6) is 1.78. The molecule has 4 nitrogen and oxygen atoms in total. The molecule has 0 aliphatic heterocycles. The first-order valence-corrected chi connectivity index (χ1v) is 12.5. The van der Waals surface area contributed by atoms with E-state index in [2.05, 4.69) is 133 Å². The van der Waals surface area contributed by atoms with Crippen molar-refractivity contribution in [1.82, 2.24) is 19.1 Å². The maximum atomic E-state index is 5.06. The molecule has 0 saturated carbocycles. The van der Waals surface area contributed by atoms with Gasteiger partial charge < -0.3 is 9.13 Å². The van der Waals surface area contributed by atoms with Gasteiger partial charge in [-0.3, -0.25) is 0 Å². The van der Waals surface area contributed by atoms with Crippen molar-refractivity contribution in [3.8, 4) is 33.9 Å². The highest BCUT2D eigenvalue weighted by Gasteiger charge is 2.27. The second-order valence-electron chi connectivity index (χ2n) is 9.73. The first-order chi connectivity index (χ1) is 18.1. The Morgan fingerprint density at radius 1 is 0.459 bits per heavy atom. The lowest BCUT2D eigenvalue weighted by Gasteiger charge is -2.24. The minimum Gasteiger partial charge on any atom is -0.308 e. The molecule has 0 fully saturated rings. The average molecular weight is 481 g/mol. The van der Waals surface area contributed by atoms with Crippen LogP contribution in [0.5, 0.6) is 0 Å². The fourth-order valence-electron chi connectivity index (χ4n) is 4.64. The van der Waals surface area contributed by atoms with Crippen molar-refractivity contribution in [2.45, 2.75) is 19.3 Å². The van der Waals surface area contributed by atoms with Crippen LogP contribution in [0.25, 0.3) is 33.9 Å². The Balaban J connectivity index is 1.30. The van der Waals surface area contributed by atoms with Gasteiger partial charge in [0.05, 0.1) is 11.4 Å². The van der Waals surface area contributed by atoms with Crippen LogP contribution >= 0.6 is 0 Å². The Hall–Kier alpha value is -4.70. The topological polar surface area (TPSA) is 35.6 Å². The van der Waals surface area contributed by atoms with Crippen LogP contribution < -0.4 is 0 Å². The molecule has 180 valence electrons. The summed E-state index contributed by atoms with van der Waals surface area (Å²) in [4.78, 5) is 10.1. The Kier molecular flexibility index (Phi) is 5.78. The molecule has 0 bridgehead atoms. The molecule has 4 aromatic heterocycles. The predicted octanol–water partition coefficient (Wildman–Crippen LogP) is 7.72. The maximum Gasteiger partial charge on any atom is 0.136 e. The molecule has 2 aromatic carbocycles. The lowest BCUT2D eigenvalue weighted by molar-refractivity contribution is 0.591. The molecule has 0 aliphatic carbocycles. The quantitative estimate of drug-likeness (QED) is 0.245. The summed E-state index contributed by atoms with van der Waals surface area (Å²) in [5.41, 5.74) is 6.30. The van der Waals surface area contributed by atoms with Crippen molar-refractivity contribution in [1.29, 1.82) is 0 Å². The minimum absolute atomic E-state index is 0.378. The maximum absolute atomic E-state index is 5.06.